The van der Waals surface area contributed by atoms with Crippen LogP contribution in [-0.2, 0) is 6.42 Å². The van der Waals surface area contributed by atoms with Crippen LogP contribution in [0.15, 0.2) is 28.2 Å². The monoisotopic (exact) mass is 244 g/mol. The summed E-state index contributed by atoms with van der Waals surface area (Å²) in [5.41, 5.74) is 1.60. The van der Waals surface area contributed by atoms with Gasteiger partial charge in [0.2, 0.25) is 0 Å². The SMILES string of the molecule is FC1=NCC(Cc2cc(Cl)cc(Cl)c2)=N1. The van der Waals surface area contributed by atoms with Crippen molar-refractivity contribution in [1.29, 1.82) is 0 Å². The summed E-state index contributed by atoms with van der Waals surface area (Å²) in [5.74, 6) is 0. The van der Waals surface area contributed by atoms with Crippen molar-refractivity contribution in [3.8, 4) is 0 Å². The van der Waals surface area contributed by atoms with Gasteiger partial charge in [-0.15, -0.1) is 0 Å². The molecule has 1 aromatic rings. The minimum atomic E-state index is -0.655. The van der Waals surface area contributed by atoms with E-state index in [1.54, 1.807) is 18.2 Å². The normalized spacial score (nSPS) is 15.1. The van der Waals surface area contributed by atoms with Crippen molar-refractivity contribution in [2.75, 3.05) is 6.54 Å². The van der Waals surface area contributed by atoms with Crippen molar-refractivity contribution in [1.82, 2.24) is 0 Å². The van der Waals surface area contributed by atoms with E-state index in [4.69, 9.17) is 23.2 Å². The zero-order chi connectivity index (χ0) is 10.8. The summed E-state index contributed by atoms with van der Waals surface area (Å²) in [4.78, 5) is 7.20. The Bertz CT molecular complexity index is 434. The molecule has 0 spiro atoms. The lowest BCUT2D eigenvalue weighted by Crippen LogP contribution is -2.03. The van der Waals surface area contributed by atoms with E-state index in [9.17, 15) is 4.39 Å². The lowest BCUT2D eigenvalue weighted by atomic mass is 10.1. The van der Waals surface area contributed by atoms with Gasteiger partial charge in [0.25, 0.3) is 0 Å². The van der Waals surface area contributed by atoms with Gasteiger partial charge in [-0.25, -0.2) is 9.98 Å². The first kappa shape index (κ1) is 10.6. The Hall–Kier alpha value is -0.930. The first-order chi connectivity index (χ1) is 7.13. The molecular weight excluding hydrogens is 238 g/mol. The number of hydrogen-bond acceptors (Lipinski definition) is 2. The highest BCUT2D eigenvalue weighted by atomic mass is 35.5. The van der Waals surface area contributed by atoms with Crippen molar-refractivity contribution in [3.05, 3.63) is 33.8 Å². The number of rotatable bonds is 2. The summed E-state index contributed by atoms with van der Waals surface area (Å²) in [6.07, 6.45) is -0.130. The Morgan fingerprint density at radius 2 is 1.87 bits per heavy atom. The number of aliphatic imine (C=N–C) groups is 2. The quantitative estimate of drug-likeness (QED) is 0.714. The van der Waals surface area contributed by atoms with Crippen LogP contribution in [0.4, 0.5) is 4.39 Å². The maximum absolute atomic E-state index is 12.5. The van der Waals surface area contributed by atoms with Crippen molar-refractivity contribution in [2.24, 2.45) is 9.98 Å². The first-order valence-corrected chi connectivity index (χ1v) is 5.10. The molecule has 1 aromatic carbocycles. The van der Waals surface area contributed by atoms with Crippen molar-refractivity contribution in [2.45, 2.75) is 6.42 Å². The molecule has 2 rings (SSSR count). The van der Waals surface area contributed by atoms with E-state index in [1.165, 1.54) is 0 Å². The number of amidine groups is 1. The van der Waals surface area contributed by atoms with E-state index in [0.29, 0.717) is 28.7 Å². The fraction of sp³-hybridized carbons (Fsp3) is 0.200. The molecule has 0 amide bonds. The fourth-order valence-corrected chi connectivity index (χ4v) is 1.97. The Morgan fingerprint density at radius 3 is 2.40 bits per heavy atom. The van der Waals surface area contributed by atoms with Crippen LogP contribution in [0.5, 0.6) is 0 Å². The second kappa shape index (κ2) is 4.29. The van der Waals surface area contributed by atoms with Crippen LogP contribution < -0.4 is 0 Å². The highest BCUT2D eigenvalue weighted by Gasteiger charge is 2.10. The van der Waals surface area contributed by atoms with E-state index in [1.807, 2.05) is 0 Å². The molecule has 0 aromatic heterocycles. The first-order valence-electron chi connectivity index (χ1n) is 4.35. The van der Waals surface area contributed by atoms with Gasteiger partial charge in [-0.1, -0.05) is 23.2 Å². The summed E-state index contributed by atoms with van der Waals surface area (Å²) in [5, 5.41) is 1.13. The second-order valence-electron chi connectivity index (χ2n) is 3.22. The maximum atomic E-state index is 12.5. The average Bonchev–Trinajstić information content (AvgIpc) is 2.49. The lowest BCUT2D eigenvalue weighted by molar-refractivity contribution is 0.792. The predicted molar refractivity (Wildman–Crippen MR) is 61.0 cm³/mol. The number of halogens is 3. The van der Waals surface area contributed by atoms with Crippen molar-refractivity contribution in [3.63, 3.8) is 0 Å². The van der Waals surface area contributed by atoms with Crippen LogP contribution in [0.3, 0.4) is 0 Å². The number of nitrogens with zero attached hydrogens (tertiary/aromatic N) is 2. The Balaban J connectivity index is 2.15. The third kappa shape index (κ3) is 2.76. The third-order valence-electron chi connectivity index (χ3n) is 1.97. The molecular formula is C10H7Cl2FN2. The van der Waals surface area contributed by atoms with Gasteiger partial charge in [0, 0.05) is 22.2 Å². The molecule has 1 aliphatic rings. The van der Waals surface area contributed by atoms with Gasteiger partial charge >= 0.3 is 6.09 Å². The molecule has 78 valence electrons. The molecule has 1 aliphatic heterocycles. The molecule has 0 saturated heterocycles. The standard InChI is InChI=1S/C10H7Cl2FN2/c11-7-1-6(2-8(12)4-7)3-9-5-14-10(13)15-9/h1-2,4H,3,5H2. The highest BCUT2D eigenvalue weighted by Crippen LogP contribution is 2.20. The molecule has 0 saturated carbocycles. The fourth-order valence-electron chi connectivity index (χ4n) is 1.40. The van der Waals surface area contributed by atoms with E-state index in [2.05, 4.69) is 9.98 Å². The maximum Gasteiger partial charge on any atom is 0.304 e. The third-order valence-corrected chi connectivity index (χ3v) is 2.41. The van der Waals surface area contributed by atoms with Crippen LogP contribution in [0, 0.1) is 0 Å². The Labute approximate surface area is 96.4 Å². The van der Waals surface area contributed by atoms with Gasteiger partial charge in [-0.05, 0) is 23.8 Å². The van der Waals surface area contributed by atoms with Crippen LogP contribution in [0.1, 0.15) is 5.56 Å². The number of hydrogen-bond donors (Lipinski definition) is 0. The zero-order valence-corrected chi connectivity index (χ0v) is 9.19. The van der Waals surface area contributed by atoms with Gasteiger partial charge in [0.1, 0.15) is 0 Å². The van der Waals surface area contributed by atoms with E-state index in [-0.39, 0.29) is 0 Å². The lowest BCUT2D eigenvalue weighted by Gasteiger charge is -2.02. The predicted octanol–water partition coefficient (Wildman–Crippen LogP) is 3.32. The molecule has 2 nitrogen and oxygen atoms in total. The topological polar surface area (TPSA) is 24.7 Å². The summed E-state index contributed by atoms with van der Waals surface area (Å²) >= 11 is 11.7. The molecule has 15 heavy (non-hydrogen) atoms. The van der Waals surface area contributed by atoms with E-state index < -0.39 is 6.09 Å². The molecule has 0 fully saturated rings. The molecule has 0 atom stereocenters. The largest absolute Gasteiger partial charge is 0.304 e. The van der Waals surface area contributed by atoms with Gasteiger partial charge in [-0.3, -0.25) is 0 Å². The van der Waals surface area contributed by atoms with Crippen molar-refractivity contribution >= 4 is 35.0 Å². The molecule has 0 N–H and O–H groups in total. The zero-order valence-electron chi connectivity index (χ0n) is 7.67. The van der Waals surface area contributed by atoms with Gasteiger partial charge < -0.3 is 0 Å². The molecule has 1 heterocycles. The molecule has 5 heteroatoms. The van der Waals surface area contributed by atoms with Crippen LogP contribution in [0.2, 0.25) is 10.0 Å². The molecule has 0 radical (unpaired) electrons. The summed E-state index contributed by atoms with van der Waals surface area (Å²) < 4.78 is 12.5. The minimum Gasteiger partial charge on any atom is -0.234 e. The van der Waals surface area contributed by atoms with E-state index >= 15 is 0 Å². The van der Waals surface area contributed by atoms with E-state index in [0.717, 1.165) is 5.56 Å². The Kier molecular flexibility index (Phi) is 3.03. The molecule has 0 aliphatic carbocycles. The summed E-state index contributed by atoms with van der Waals surface area (Å²) in [7, 11) is 0. The molecule has 0 bridgehead atoms. The van der Waals surface area contributed by atoms with Gasteiger partial charge in [0.05, 0.1) is 6.54 Å². The van der Waals surface area contributed by atoms with Crippen molar-refractivity contribution < 1.29 is 4.39 Å². The summed E-state index contributed by atoms with van der Waals surface area (Å²) in [6, 6.07) is 5.22. The van der Waals surface area contributed by atoms with Crippen LogP contribution >= 0.6 is 23.2 Å². The second-order valence-corrected chi connectivity index (χ2v) is 4.09. The van der Waals surface area contributed by atoms with Crippen LogP contribution in [0.25, 0.3) is 0 Å². The van der Waals surface area contributed by atoms with Gasteiger partial charge in [-0.2, -0.15) is 4.39 Å². The average molecular weight is 245 g/mol. The smallest absolute Gasteiger partial charge is 0.234 e. The Morgan fingerprint density at radius 1 is 1.20 bits per heavy atom. The highest BCUT2D eigenvalue weighted by molar-refractivity contribution is 6.34. The summed E-state index contributed by atoms with van der Waals surface area (Å²) in [6.45, 7) is 0.315. The number of benzene rings is 1. The van der Waals surface area contributed by atoms with Gasteiger partial charge in [0.15, 0.2) is 0 Å². The minimum absolute atomic E-state index is 0.315. The molecule has 0 unspecified atom stereocenters. The van der Waals surface area contributed by atoms with Crippen LogP contribution in [-0.4, -0.2) is 18.3 Å².